The van der Waals surface area contributed by atoms with Crippen LogP contribution in [0.25, 0.3) is 0 Å². The second kappa shape index (κ2) is 5.09. The van der Waals surface area contributed by atoms with Gasteiger partial charge >= 0.3 is 0 Å². The summed E-state index contributed by atoms with van der Waals surface area (Å²) in [5, 5.41) is 13.6. The van der Waals surface area contributed by atoms with Crippen molar-refractivity contribution in [1.29, 1.82) is 0 Å². The zero-order valence-corrected chi connectivity index (χ0v) is 9.92. The smallest absolute Gasteiger partial charge is 0.0897 e. The topological polar surface area (TPSA) is 45.2 Å². The van der Waals surface area contributed by atoms with Gasteiger partial charge in [0.2, 0.25) is 0 Å². The fraction of sp³-hybridized carbons (Fsp3) is 0.250. The van der Waals surface area contributed by atoms with Crippen LogP contribution in [0.1, 0.15) is 15.4 Å². The molecule has 16 heavy (non-hydrogen) atoms. The molecule has 0 saturated carbocycles. The van der Waals surface area contributed by atoms with Crippen molar-refractivity contribution in [3.05, 3.63) is 45.9 Å². The van der Waals surface area contributed by atoms with Crippen molar-refractivity contribution in [3.8, 4) is 0 Å². The zero-order chi connectivity index (χ0) is 11.4. The molecule has 0 atom stereocenters. The molecule has 2 rings (SSSR count). The molecule has 1 aromatic carbocycles. The van der Waals surface area contributed by atoms with Crippen molar-refractivity contribution in [2.24, 2.45) is 0 Å². The van der Waals surface area contributed by atoms with Gasteiger partial charge in [-0.2, -0.15) is 0 Å². The Morgan fingerprint density at radius 1 is 1.38 bits per heavy atom. The Hall–Kier alpha value is -1.39. The minimum absolute atomic E-state index is 0.0604. The molecule has 1 heterocycles. The van der Waals surface area contributed by atoms with Gasteiger partial charge in [-0.25, -0.2) is 4.98 Å². The SMILES string of the molecule is Cc1ncc(CNc2ccccc2CO)s1. The molecule has 2 N–H and O–H groups in total. The molecule has 0 fully saturated rings. The second-order valence-corrected chi connectivity index (χ2v) is 4.83. The summed E-state index contributed by atoms with van der Waals surface area (Å²) in [5.41, 5.74) is 1.90. The van der Waals surface area contributed by atoms with E-state index in [1.807, 2.05) is 37.4 Å². The molecule has 0 radical (unpaired) electrons. The maximum atomic E-state index is 9.17. The molecule has 2 aromatic rings. The number of aryl methyl sites for hydroxylation is 1. The average molecular weight is 234 g/mol. The zero-order valence-electron chi connectivity index (χ0n) is 9.10. The fourth-order valence-electron chi connectivity index (χ4n) is 1.50. The molecular formula is C12H14N2OS. The largest absolute Gasteiger partial charge is 0.392 e. The molecule has 0 saturated heterocycles. The molecule has 3 nitrogen and oxygen atoms in total. The molecule has 0 bridgehead atoms. The van der Waals surface area contributed by atoms with Crippen molar-refractivity contribution in [2.75, 3.05) is 5.32 Å². The number of aliphatic hydroxyl groups is 1. The van der Waals surface area contributed by atoms with Gasteiger partial charge in [-0.05, 0) is 13.0 Å². The van der Waals surface area contributed by atoms with E-state index in [-0.39, 0.29) is 6.61 Å². The lowest BCUT2D eigenvalue weighted by Gasteiger charge is -2.08. The molecule has 0 unspecified atom stereocenters. The number of rotatable bonds is 4. The van der Waals surface area contributed by atoms with E-state index in [0.29, 0.717) is 0 Å². The van der Waals surface area contributed by atoms with Gasteiger partial charge < -0.3 is 10.4 Å². The van der Waals surface area contributed by atoms with Crippen LogP contribution in [0, 0.1) is 6.92 Å². The van der Waals surface area contributed by atoms with Crippen molar-refractivity contribution >= 4 is 17.0 Å². The summed E-state index contributed by atoms with van der Waals surface area (Å²) in [6.45, 7) is 2.81. The standard InChI is InChI=1S/C12H14N2OS/c1-9-13-6-11(16-9)7-14-12-5-3-2-4-10(12)8-15/h2-6,14-15H,7-8H2,1H3. The number of aromatic nitrogens is 1. The number of aliphatic hydroxyl groups excluding tert-OH is 1. The number of anilines is 1. The van der Waals surface area contributed by atoms with Gasteiger partial charge in [0, 0.05) is 22.3 Å². The Bertz CT molecular complexity index is 468. The molecule has 4 heteroatoms. The monoisotopic (exact) mass is 234 g/mol. The first-order valence-corrected chi connectivity index (χ1v) is 5.95. The van der Waals surface area contributed by atoms with Crippen molar-refractivity contribution in [2.45, 2.75) is 20.1 Å². The number of hydrogen-bond acceptors (Lipinski definition) is 4. The van der Waals surface area contributed by atoms with Gasteiger partial charge in [-0.3, -0.25) is 0 Å². The molecular weight excluding hydrogens is 220 g/mol. The van der Waals surface area contributed by atoms with Gasteiger partial charge in [-0.15, -0.1) is 11.3 Å². The molecule has 0 spiro atoms. The Kier molecular flexibility index (Phi) is 3.54. The van der Waals surface area contributed by atoms with Crippen LogP contribution in [0.5, 0.6) is 0 Å². The van der Waals surface area contributed by atoms with Crippen molar-refractivity contribution < 1.29 is 5.11 Å². The molecule has 0 amide bonds. The van der Waals surface area contributed by atoms with E-state index < -0.39 is 0 Å². The first-order valence-electron chi connectivity index (χ1n) is 5.13. The number of nitrogens with zero attached hydrogens (tertiary/aromatic N) is 1. The number of nitrogens with one attached hydrogen (secondary N) is 1. The molecule has 1 aromatic heterocycles. The van der Waals surface area contributed by atoms with Gasteiger partial charge in [0.05, 0.1) is 18.2 Å². The van der Waals surface area contributed by atoms with Gasteiger partial charge in [0.1, 0.15) is 0 Å². The van der Waals surface area contributed by atoms with Crippen molar-refractivity contribution in [3.63, 3.8) is 0 Å². The summed E-state index contributed by atoms with van der Waals surface area (Å²) >= 11 is 1.68. The quantitative estimate of drug-likeness (QED) is 0.854. The van der Waals surface area contributed by atoms with Gasteiger partial charge in [0.25, 0.3) is 0 Å². The average Bonchev–Trinajstić information content (AvgIpc) is 2.73. The van der Waals surface area contributed by atoms with Crippen LogP contribution in [-0.4, -0.2) is 10.1 Å². The number of hydrogen-bond donors (Lipinski definition) is 2. The Morgan fingerprint density at radius 2 is 2.19 bits per heavy atom. The van der Waals surface area contributed by atoms with Crippen LogP contribution in [-0.2, 0) is 13.2 Å². The Labute approximate surface area is 98.8 Å². The third-order valence-electron chi connectivity index (χ3n) is 2.31. The lowest BCUT2D eigenvalue weighted by Crippen LogP contribution is -2.00. The predicted octanol–water partition coefficient (Wildman–Crippen LogP) is 2.56. The van der Waals surface area contributed by atoms with E-state index in [1.54, 1.807) is 11.3 Å². The van der Waals surface area contributed by atoms with E-state index in [0.717, 1.165) is 22.8 Å². The summed E-state index contributed by atoms with van der Waals surface area (Å²) in [5.74, 6) is 0. The maximum absolute atomic E-state index is 9.17. The summed E-state index contributed by atoms with van der Waals surface area (Å²) in [7, 11) is 0. The van der Waals surface area contributed by atoms with Crippen LogP contribution in [0.4, 0.5) is 5.69 Å². The van der Waals surface area contributed by atoms with E-state index in [2.05, 4.69) is 10.3 Å². The van der Waals surface area contributed by atoms with E-state index in [4.69, 9.17) is 0 Å². The second-order valence-electron chi connectivity index (χ2n) is 3.51. The summed E-state index contributed by atoms with van der Waals surface area (Å²) in [6, 6.07) is 7.77. The molecule has 0 aliphatic carbocycles. The highest BCUT2D eigenvalue weighted by molar-refractivity contribution is 7.11. The highest BCUT2D eigenvalue weighted by atomic mass is 32.1. The predicted molar refractivity (Wildman–Crippen MR) is 66.5 cm³/mol. The maximum Gasteiger partial charge on any atom is 0.0897 e. The number of benzene rings is 1. The Balaban J connectivity index is 2.04. The highest BCUT2D eigenvalue weighted by Gasteiger charge is 2.01. The minimum atomic E-state index is 0.0604. The van der Waals surface area contributed by atoms with E-state index >= 15 is 0 Å². The van der Waals surface area contributed by atoms with E-state index in [9.17, 15) is 5.11 Å². The van der Waals surface area contributed by atoms with Crippen LogP contribution in [0.15, 0.2) is 30.5 Å². The highest BCUT2D eigenvalue weighted by Crippen LogP contribution is 2.18. The van der Waals surface area contributed by atoms with Gasteiger partial charge in [-0.1, -0.05) is 18.2 Å². The molecule has 0 aliphatic heterocycles. The van der Waals surface area contributed by atoms with Crippen LogP contribution in [0.3, 0.4) is 0 Å². The first-order chi connectivity index (χ1) is 7.79. The summed E-state index contributed by atoms with van der Waals surface area (Å²) in [4.78, 5) is 5.40. The first kappa shape index (κ1) is 11.1. The Morgan fingerprint density at radius 3 is 2.88 bits per heavy atom. The third kappa shape index (κ3) is 2.59. The number of thiazole rings is 1. The molecule has 84 valence electrons. The molecule has 0 aliphatic rings. The summed E-state index contributed by atoms with van der Waals surface area (Å²) in [6.07, 6.45) is 1.88. The van der Waals surface area contributed by atoms with Gasteiger partial charge in [0.15, 0.2) is 0 Å². The number of para-hydroxylation sites is 1. The van der Waals surface area contributed by atoms with Crippen LogP contribution in [0.2, 0.25) is 0 Å². The van der Waals surface area contributed by atoms with Crippen LogP contribution < -0.4 is 5.32 Å². The fourth-order valence-corrected chi connectivity index (χ4v) is 2.23. The van der Waals surface area contributed by atoms with Crippen molar-refractivity contribution in [1.82, 2.24) is 4.98 Å². The lowest BCUT2D eigenvalue weighted by molar-refractivity contribution is 0.282. The lowest BCUT2D eigenvalue weighted by atomic mass is 10.2. The van der Waals surface area contributed by atoms with Crippen LogP contribution >= 0.6 is 11.3 Å². The third-order valence-corrected chi connectivity index (χ3v) is 3.22. The summed E-state index contributed by atoms with van der Waals surface area (Å²) < 4.78 is 0. The normalized spacial score (nSPS) is 10.4. The minimum Gasteiger partial charge on any atom is -0.392 e. The van der Waals surface area contributed by atoms with E-state index in [1.165, 1.54) is 4.88 Å².